The van der Waals surface area contributed by atoms with Crippen molar-refractivity contribution in [1.82, 2.24) is 9.88 Å². The van der Waals surface area contributed by atoms with Crippen molar-refractivity contribution in [2.45, 2.75) is 13.0 Å². The van der Waals surface area contributed by atoms with Crippen molar-refractivity contribution >= 4 is 28.1 Å². The number of thiazole rings is 1. The summed E-state index contributed by atoms with van der Waals surface area (Å²) < 4.78 is 0. The fourth-order valence-electron chi connectivity index (χ4n) is 3.24. The van der Waals surface area contributed by atoms with Crippen LogP contribution in [0.3, 0.4) is 0 Å². The number of nitrogens with zero attached hydrogens (tertiary/aromatic N) is 2. The van der Waals surface area contributed by atoms with Gasteiger partial charge in [-0.2, -0.15) is 0 Å². The first-order valence-electron chi connectivity index (χ1n) is 8.58. The fraction of sp³-hybridized carbons (Fsp3) is 0.200. The number of nitrogens with two attached hydrogens (primary N) is 1. The van der Waals surface area contributed by atoms with Crippen molar-refractivity contribution in [3.05, 3.63) is 65.0 Å². The molecule has 0 radical (unpaired) electrons. The van der Waals surface area contributed by atoms with Crippen LogP contribution in [-0.2, 0) is 17.8 Å². The molecule has 4 rings (SSSR count). The second-order valence-corrected chi connectivity index (χ2v) is 7.32. The molecule has 0 bridgehead atoms. The van der Waals surface area contributed by atoms with E-state index in [4.69, 9.17) is 5.73 Å². The van der Waals surface area contributed by atoms with Crippen LogP contribution in [0.2, 0.25) is 0 Å². The van der Waals surface area contributed by atoms with Crippen molar-refractivity contribution in [3.8, 4) is 11.3 Å². The minimum atomic E-state index is 0.00929. The highest BCUT2D eigenvalue weighted by molar-refractivity contribution is 7.13. The predicted molar refractivity (Wildman–Crippen MR) is 106 cm³/mol. The van der Waals surface area contributed by atoms with Crippen LogP contribution in [0.4, 0.5) is 10.8 Å². The second kappa shape index (κ2) is 7.27. The van der Waals surface area contributed by atoms with Crippen LogP contribution in [0.5, 0.6) is 0 Å². The molecule has 0 aliphatic carbocycles. The average molecular weight is 364 g/mol. The van der Waals surface area contributed by atoms with Crippen LogP contribution in [0.1, 0.15) is 11.1 Å². The Hall–Kier alpha value is -2.70. The lowest BCUT2D eigenvalue weighted by molar-refractivity contribution is -0.117. The molecule has 6 heteroatoms. The van der Waals surface area contributed by atoms with E-state index in [9.17, 15) is 4.79 Å². The Morgan fingerprint density at radius 1 is 1.15 bits per heavy atom. The lowest BCUT2D eigenvalue weighted by atomic mass is 10.00. The minimum absolute atomic E-state index is 0.00929. The highest BCUT2D eigenvalue weighted by Gasteiger charge is 2.18. The SMILES string of the molecule is Nc1nc(-c2ccc(NC(=O)CN3CCc4ccccc4C3)cc2)cs1. The molecule has 26 heavy (non-hydrogen) atoms. The van der Waals surface area contributed by atoms with Crippen LogP contribution < -0.4 is 11.1 Å². The summed E-state index contributed by atoms with van der Waals surface area (Å²) >= 11 is 1.42. The van der Waals surface area contributed by atoms with E-state index in [0.29, 0.717) is 11.7 Å². The number of carbonyl (C=O) groups excluding carboxylic acids is 1. The summed E-state index contributed by atoms with van der Waals surface area (Å²) in [6, 6.07) is 16.1. The molecule has 3 N–H and O–H groups in total. The molecular weight excluding hydrogens is 344 g/mol. The molecule has 1 amide bonds. The summed E-state index contributed by atoms with van der Waals surface area (Å²) in [6.45, 7) is 2.14. The van der Waals surface area contributed by atoms with E-state index in [1.165, 1.54) is 22.5 Å². The molecule has 0 fully saturated rings. The van der Waals surface area contributed by atoms with Gasteiger partial charge in [-0.05, 0) is 29.7 Å². The third-order valence-electron chi connectivity index (χ3n) is 4.56. The number of anilines is 2. The van der Waals surface area contributed by atoms with Gasteiger partial charge in [0.25, 0.3) is 0 Å². The van der Waals surface area contributed by atoms with Gasteiger partial charge >= 0.3 is 0 Å². The Morgan fingerprint density at radius 2 is 1.92 bits per heavy atom. The molecule has 5 nitrogen and oxygen atoms in total. The average Bonchev–Trinajstić information content (AvgIpc) is 3.08. The first-order valence-corrected chi connectivity index (χ1v) is 9.46. The van der Waals surface area contributed by atoms with Gasteiger partial charge in [-0.15, -0.1) is 11.3 Å². The number of amides is 1. The van der Waals surface area contributed by atoms with Crippen LogP contribution in [0, 0.1) is 0 Å². The molecule has 3 aromatic rings. The van der Waals surface area contributed by atoms with E-state index in [-0.39, 0.29) is 5.91 Å². The van der Waals surface area contributed by atoms with Gasteiger partial charge in [-0.3, -0.25) is 9.69 Å². The smallest absolute Gasteiger partial charge is 0.238 e. The van der Waals surface area contributed by atoms with Crippen molar-refractivity contribution < 1.29 is 4.79 Å². The Bertz CT molecular complexity index is 920. The molecule has 0 saturated carbocycles. The number of benzene rings is 2. The van der Waals surface area contributed by atoms with Gasteiger partial charge in [0.2, 0.25) is 5.91 Å². The van der Waals surface area contributed by atoms with Crippen molar-refractivity contribution in [2.75, 3.05) is 24.1 Å². The summed E-state index contributed by atoms with van der Waals surface area (Å²) in [4.78, 5) is 18.8. The molecule has 2 aromatic carbocycles. The lowest BCUT2D eigenvalue weighted by Crippen LogP contribution is -2.37. The molecule has 0 saturated heterocycles. The molecule has 2 heterocycles. The van der Waals surface area contributed by atoms with Crippen molar-refractivity contribution in [3.63, 3.8) is 0 Å². The Labute approximate surface area is 156 Å². The Morgan fingerprint density at radius 3 is 2.65 bits per heavy atom. The van der Waals surface area contributed by atoms with Crippen molar-refractivity contribution in [2.24, 2.45) is 0 Å². The summed E-state index contributed by atoms with van der Waals surface area (Å²) in [5.74, 6) is 0.00929. The summed E-state index contributed by atoms with van der Waals surface area (Å²) in [5.41, 5.74) is 11.0. The number of nitrogen functional groups attached to an aromatic ring is 1. The topological polar surface area (TPSA) is 71.2 Å². The maximum atomic E-state index is 12.4. The molecule has 0 spiro atoms. The quantitative estimate of drug-likeness (QED) is 0.744. The first-order chi connectivity index (χ1) is 12.7. The standard InChI is InChI=1S/C20H20N4OS/c21-20-23-18(13-26-20)15-5-7-17(8-6-15)22-19(25)12-24-10-9-14-3-1-2-4-16(14)11-24/h1-8,13H,9-12H2,(H2,21,23)(H,22,25). The van der Waals surface area contributed by atoms with E-state index in [1.807, 2.05) is 29.6 Å². The van der Waals surface area contributed by atoms with Gasteiger partial charge < -0.3 is 11.1 Å². The van der Waals surface area contributed by atoms with Gasteiger partial charge in [-0.25, -0.2) is 4.98 Å². The van der Waals surface area contributed by atoms with Crippen molar-refractivity contribution in [1.29, 1.82) is 0 Å². The van der Waals surface area contributed by atoms with Crippen LogP contribution in [0.25, 0.3) is 11.3 Å². The van der Waals surface area contributed by atoms with Crippen LogP contribution in [-0.4, -0.2) is 28.9 Å². The largest absolute Gasteiger partial charge is 0.375 e. The number of nitrogens with one attached hydrogen (secondary N) is 1. The zero-order chi connectivity index (χ0) is 17.9. The third-order valence-corrected chi connectivity index (χ3v) is 5.24. The van der Waals surface area contributed by atoms with E-state index < -0.39 is 0 Å². The maximum Gasteiger partial charge on any atom is 0.238 e. The number of rotatable bonds is 4. The second-order valence-electron chi connectivity index (χ2n) is 6.43. The number of hydrogen-bond acceptors (Lipinski definition) is 5. The Balaban J connectivity index is 1.35. The summed E-state index contributed by atoms with van der Waals surface area (Å²) in [5, 5.41) is 5.46. The summed E-state index contributed by atoms with van der Waals surface area (Å²) in [7, 11) is 0. The van der Waals surface area contributed by atoms with Gasteiger partial charge in [0, 0.05) is 29.7 Å². The van der Waals surface area contributed by atoms with Crippen LogP contribution in [0.15, 0.2) is 53.9 Å². The zero-order valence-corrected chi connectivity index (χ0v) is 15.1. The highest BCUT2D eigenvalue weighted by atomic mass is 32.1. The van der Waals surface area contributed by atoms with Gasteiger partial charge in [0.15, 0.2) is 5.13 Å². The molecular formula is C20H20N4OS. The van der Waals surface area contributed by atoms with E-state index in [1.54, 1.807) is 0 Å². The van der Waals surface area contributed by atoms with Gasteiger partial charge in [-0.1, -0.05) is 36.4 Å². The van der Waals surface area contributed by atoms with Gasteiger partial charge in [0.05, 0.1) is 12.2 Å². The normalized spacial score (nSPS) is 14.0. The third kappa shape index (κ3) is 3.76. The number of carbonyl (C=O) groups is 1. The zero-order valence-electron chi connectivity index (χ0n) is 14.3. The van der Waals surface area contributed by atoms with E-state index in [2.05, 4.69) is 39.5 Å². The minimum Gasteiger partial charge on any atom is -0.375 e. The molecule has 1 aromatic heterocycles. The number of hydrogen-bond donors (Lipinski definition) is 2. The first kappa shape index (κ1) is 16.8. The molecule has 0 atom stereocenters. The molecule has 132 valence electrons. The maximum absolute atomic E-state index is 12.4. The molecule has 1 aliphatic heterocycles. The highest BCUT2D eigenvalue weighted by Crippen LogP contribution is 2.24. The molecule has 0 unspecified atom stereocenters. The van der Waals surface area contributed by atoms with E-state index >= 15 is 0 Å². The van der Waals surface area contributed by atoms with Crippen LogP contribution >= 0.6 is 11.3 Å². The molecule has 1 aliphatic rings. The predicted octanol–water partition coefficient (Wildman–Crippen LogP) is 3.39. The Kier molecular flexibility index (Phi) is 4.69. The van der Waals surface area contributed by atoms with E-state index in [0.717, 1.165) is 36.5 Å². The monoisotopic (exact) mass is 364 g/mol. The van der Waals surface area contributed by atoms with Gasteiger partial charge in [0.1, 0.15) is 0 Å². The fourth-order valence-corrected chi connectivity index (χ4v) is 3.81. The number of aromatic nitrogens is 1. The number of fused-ring (bicyclic) bond motifs is 1. The summed E-state index contributed by atoms with van der Waals surface area (Å²) in [6.07, 6.45) is 0.995. The lowest BCUT2D eigenvalue weighted by Gasteiger charge is -2.28.